The van der Waals surface area contributed by atoms with Gasteiger partial charge in [-0.05, 0) is 6.92 Å². The molecule has 0 bridgehead atoms. The lowest BCUT2D eigenvalue weighted by Gasteiger charge is -2.13. The minimum Gasteiger partial charge on any atom is -0.478 e. The highest BCUT2D eigenvalue weighted by molar-refractivity contribution is 6.29. The van der Waals surface area contributed by atoms with E-state index in [0.717, 1.165) is 0 Å². The second-order valence-electron chi connectivity index (χ2n) is 3.48. The first-order valence-corrected chi connectivity index (χ1v) is 5.22. The Bertz CT molecular complexity index is 581. The Morgan fingerprint density at radius 3 is 2.94 bits per heavy atom. The molecule has 0 saturated heterocycles. The van der Waals surface area contributed by atoms with Crippen molar-refractivity contribution < 1.29 is 14.6 Å². The van der Waals surface area contributed by atoms with Gasteiger partial charge in [0.2, 0.25) is 0 Å². The standard InChI is InChI=1S/C10H10ClN3O3/c1-5(17-2)9-6(10(15)16)4-12-8-3-7(11)13-14(8)9/h3-5H,1-2H3,(H,15,16)/t5-/m0/s1. The predicted octanol–water partition coefficient (Wildman–Crippen LogP) is 1.79. The molecule has 0 aliphatic carbocycles. The minimum absolute atomic E-state index is 0.0478. The van der Waals surface area contributed by atoms with E-state index in [-0.39, 0.29) is 10.7 Å². The molecule has 1 atom stereocenters. The van der Waals surface area contributed by atoms with Gasteiger partial charge >= 0.3 is 5.97 Å². The molecular formula is C10H10ClN3O3. The van der Waals surface area contributed by atoms with E-state index in [9.17, 15) is 4.79 Å². The smallest absolute Gasteiger partial charge is 0.339 e. The third-order valence-electron chi connectivity index (χ3n) is 2.46. The summed E-state index contributed by atoms with van der Waals surface area (Å²) in [5, 5.41) is 13.4. The van der Waals surface area contributed by atoms with Gasteiger partial charge in [-0.25, -0.2) is 14.3 Å². The van der Waals surface area contributed by atoms with Crippen molar-refractivity contribution >= 4 is 23.2 Å². The predicted molar refractivity (Wildman–Crippen MR) is 60.4 cm³/mol. The normalized spacial score (nSPS) is 12.9. The number of rotatable bonds is 3. The quantitative estimate of drug-likeness (QED) is 0.905. The van der Waals surface area contributed by atoms with Crippen molar-refractivity contribution in [1.29, 1.82) is 0 Å². The third kappa shape index (κ3) is 1.96. The van der Waals surface area contributed by atoms with E-state index < -0.39 is 12.1 Å². The van der Waals surface area contributed by atoms with Crippen LogP contribution in [0.15, 0.2) is 12.3 Å². The van der Waals surface area contributed by atoms with Crippen LogP contribution >= 0.6 is 11.6 Å². The van der Waals surface area contributed by atoms with Crippen LogP contribution in [0.2, 0.25) is 5.15 Å². The molecule has 6 nitrogen and oxygen atoms in total. The number of nitrogens with zero attached hydrogens (tertiary/aromatic N) is 3. The Kier molecular flexibility index (Phi) is 2.99. The van der Waals surface area contributed by atoms with Gasteiger partial charge in [-0.15, -0.1) is 0 Å². The Morgan fingerprint density at radius 1 is 1.65 bits per heavy atom. The fraction of sp³-hybridized carbons (Fsp3) is 0.300. The van der Waals surface area contributed by atoms with E-state index >= 15 is 0 Å². The molecule has 0 spiro atoms. The molecule has 90 valence electrons. The number of ether oxygens (including phenoxy) is 1. The molecule has 7 heteroatoms. The zero-order valence-electron chi connectivity index (χ0n) is 9.22. The molecule has 0 radical (unpaired) electrons. The van der Waals surface area contributed by atoms with Gasteiger partial charge in [0.1, 0.15) is 5.56 Å². The summed E-state index contributed by atoms with van der Waals surface area (Å²) in [4.78, 5) is 15.1. The number of aromatic nitrogens is 3. The van der Waals surface area contributed by atoms with Gasteiger partial charge in [0.25, 0.3) is 0 Å². The van der Waals surface area contributed by atoms with Crippen molar-refractivity contribution in [2.45, 2.75) is 13.0 Å². The van der Waals surface area contributed by atoms with Crippen molar-refractivity contribution in [1.82, 2.24) is 14.6 Å². The highest BCUT2D eigenvalue weighted by Gasteiger charge is 2.21. The lowest BCUT2D eigenvalue weighted by molar-refractivity contribution is 0.0678. The highest BCUT2D eigenvalue weighted by Crippen LogP contribution is 2.22. The van der Waals surface area contributed by atoms with E-state index in [1.165, 1.54) is 17.8 Å². The summed E-state index contributed by atoms with van der Waals surface area (Å²) in [5.74, 6) is -1.08. The molecule has 0 amide bonds. The number of hydrogen-bond acceptors (Lipinski definition) is 4. The van der Waals surface area contributed by atoms with Crippen LogP contribution in [0.25, 0.3) is 5.65 Å². The highest BCUT2D eigenvalue weighted by atomic mass is 35.5. The van der Waals surface area contributed by atoms with Gasteiger partial charge < -0.3 is 9.84 Å². The molecular weight excluding hydrogens is 246 g/mol. The number of fused-ring (bicyclic) bond motifs is 1. The van der Waals surface area contributed by atoms with Crippen LogP contribution in [-0.2, 0) is 4.74 Å². The second-order valence-corrected chi connectivity index (χ2v) is 3.86. The maximum Gasteiger partial charge on any atom is 0.339 e. The molecule has 2 heterocycles. The SMILES string of the molecule is CO[C@@H](C)c1c(C(=O)O)cnc2cc(Cl)nn12. The number of methoxy groups -OCH3 is 1. The fourth-order valence-electron chi connectivity index (χ4n) is 1.59. The van der Waals surface area contributed by atoms with Crippen molar-refractivity contribution in [3.05, 3.63) is 28.7 Å². The first kappa shape index (κ1) is 11.8. The maximum atomic E-state index is 11.1. The number of halogens is 1. The summed E-state index contributed by atoms with van der Waals surface area (Å²) < 4.78 is 6.54. The van der Waals surface area contributed by atoms with Crippen LogP contribution in [-0.4, -0.2) is 32.8 Å². The van der Waals surface area contributed by atoms with Crippen molar-refractivity contribution in [2.75, 3.05) is 7.11 Å². The second kappa shape index (κ2) is 4.31. The van der Waals surface area contributed by atoms with Crippen molar-refractivity contribution in [3.63, 3.8) is 0 Å². The molecule has 0 aliphatic heterocycles. The Labute approximate surface area is 102 Å². The lowest BCUT2D eigenvalue weighted by atomic mass is 10.1. The number of carboxylic acid groups (broad SMARTS) is 1. The van der Waals surface area contributed by atoms with Crippen LogP contribution in [0.1, 0.15) is 29.1 Å². The largest absolute Gasteiger partial charge is 0.478 e. The Balaban J connectivity index is 2.78. The van der Waals surface area contributed by atoms with Crippen LogP contribution < -0.4 is 0 Å². The topological polar surface area (TPSA) is 76.7 Å². The first-order valence-electron chi connectivity index (χ1n) is 4.85. The van der Waals surface area contributed by atoms with Crippen LogP contribution in [0.4, 0.5) is 0 Å². The number of hydrogen-bond donors (Lipinski definition) is 1. The molecule has 0 unspecified atom stereocenters. The molecule has 0 fully saturated rings. The molecule has 2 rings (SSSR count). The van der Waals surface area contributed by atoms with Crippen molar-refractivity contribution in [3.8, 4) is 0 Å². The fourth-order valence-corrected chi connectivity index (χ4v) is 1.76. The average molecular weight is 256 g/mol. The van der Waals surface area contributed by atoms with E-state index in [1.54, 1.807) is 13.0 Å². The summed E-state index contributed by atoms with van der Waals surface area (Å²) in [6.07, 6.45) is 0.850. The van der Waals surface area contributed by atoms with E-state index in [2.05, 4.69) is 10.1 Å². The molecule has 1 N–H and O–H groups in total. The molecule has 0 aliphatic rings. The monoisotopic (exact) mass is 255 g/mol. The van der Waals surface area contributed by atoms with Gasteiger partial charge in [-0.2, -0.15) is 5.10 Å². The van der Waals surface area contributed by atoms with Gasteiger partial charge in [-0.3, -0.25) is 0 Å². The number of carboxylic acids is 1. The zero-order valence-corrected chi connectivity index (χ0v) is 9.97. The lowest BCUT2D eigenvalue weighted by Crippen LogP contribution is -2.14. The van der Waals surface area contributed by atoms with E-state index in [1.807, 2.05) is 0 Å². The molecule has 0 aromatic carbocycles. The summed E-state index contributed by atoms with van der Waals surface area (Å²) in [6, 6.07) is 1.55. The molecule has 2 aromatic heterocycles. The number of aromatic carboxylic acids is 1. The number of carbonyl (C=O) groups is 1. The summed E-state index contributed by atoms with van der Waals surface area (Å²) >= 11 is 5.77. The van der Waals surface area contributed by atoms with Gasteiger partial charge in [0, 0.05) is 19.4 Å². The van der Waals surface area contributed by atoms with Gasteiger partial charge in [0.05, 0.1) is 11.8 Å². The van der Waals surface area contributed by atoms with Crippen LogP contribution in [0, 0.1) is 0 Å². The minimum atomic E-state index is -1.08. The van der Waals surface area contributed by atoms with Crippen molar-refractivity contribution in [2.24, 2.45) is 0 Å². The molecule has 2 aromatic rings. The maximum absolute atomic E-state index is 11.1. The first-order chi connectivity index (χ1) is 8.04. The summed E-state index contributed by atoms with van der Waals surface area (Å²) in [5.41, 5.74) is 0.947. The van der Waals surface area contributed by atoms with Gasteiger partial charge in [0.15, 0.2) is 10.8 Å². The third-order valence-corrected chi connectivity index (χ3v) is 2.64. The summed E-state index contributed by atoms with van der Waals surface area (Å²) in [7, 11) is 1.49. The van der Waals surface area contributed by atoms with Crippen LogP contribution in [0.5, 0.6) is 0 Å². The molecule has 0 saturated carbocycles. The van der Waals surface area contributed by atoms with Gasteiger partial charge in [-0.1, -0.05) is 11.6 Å². The Morgan fingerprint density at radius 2 is 2.35 bits per heavy atom. The van der Waals surface area contributed by atoms with E-state index in [4.69, 9.17) is 21.4 Å². The average Bonchev–Trinajstić information content (AvgIpc) is 2.66. The van der Waals surface area contributed by atoms with Crippen LogP contribution in [0.3, 0.4) is 0 Å². The molecule has 17 heavy (non-hydrogen) atoms. The zero-order chi connectivity index (χ0) is 12.6. The summed E-state index contributed by atoms with van der Waals surface area (Å²) in [6.45, 7) is 1.73. The Hall–Kier alpha value is -1.66. The van der Waals surface area contributed by atoms with E-state index in [0.29, 0.717) is 11.3 Å².